The van der Waals surface area contributed by atoms with Gasteiger partial charge in [0.15, 0.2) is 23.3 Å². The molecule has 0 spiro atoms. The van der Waals surface area contributed by atoms with Gasteiger partial charge in [-0.1, -0.05) is 41.9 Å². The molecule has 0 aromatic heterocycles. The summed E-state index contributed by atoms with van der Waals surface area (Å²) in [4.78, 5) is 73.7. The monoisotopic (exact) mass is 572 g/mol. The molecule has 0 radical (unpaired) electrons. The Bertz CT molecular complexity index is 1350. The number of rotatable bonds is 8. The minimum atomic E-state index is -1.84. The number of ketones is 2. The molecule has 11 heteroatoms. The number of halogens is 1. The predicted octanol–water partition coefficient (Wildman–Crippen LogP) is 4.12. The third kappa shape index (κ3) is 6.93. The van der Waals surface area contributed by atoms with Crippen LogP contribution in [0.5, 0.6) is 0 Å². The second kappa shape index (κ2) is 12.4. The standard InChI is InChI=1S/C29H29ClO10/c1-15(31)20-6-8-21(9-7-20)27(36)24-12-22(10-11-25(24)30)29(40-19(5)35)14-23(37-16(2)32)13-26(38-17(3)33)28(29)39-18(4)34/h6-12,23,26,28H,13-14H2,1-5H3. The lowest BCUT2D eigenvalue weighted by Crippen LogP contribution is -2.59. The number of benzene rings is 2. The highest BCUT2D eigenvalue weighted by molar-refractivity contribution is 6.35. The zero-order chi connectivity index (χ0) is 29.8. The fraction of sp³-hybridized carbons (Fsp3) is 0.379. The van der Waals surface area contributed by atoms with Gasteiger partial charge in [0.2, 0.25) is 0 Å². The van der Waals surface area contributed by atoms with Crippen molar-refractivity contribution in [1.82, 2.24) is 0 Å². The second-order valence-corrected chi connectivity index (χ2v) is 9.90. The average Bonchev–Trinajstić information content (AvgIpc) is 2.84. The van der Waals surface area contributed by atoms with Crippen LogP contribution < -0.4 is 0 Å². The van der Waals surface area contributed by atoms with Crippen LogP contribution in [0.3, 0.4) is 0 Å². The molecule has 212 valence electrons. The highest BCUT2D eigenvalue weighted by Gasteiger charge is 2.57. The summed E-state index contributed by atoms with van der Waals surface area (Å²) in [5.41, 5.74) is -0.961. The van der Waals surface area contributed by atoms with Crippen molar-refractivity contribution < 1.29 is 47.7 Å². The molecular formula is C29H29ClO10. The fourth-order valence-corrected chi connectivity index (χ4v) is 5.09. The SMILES string of the molecule is CC(=O)OC1CC(OC(C)=O)C(OC(C)=O)C(OC(C)=O)(c2ccc(Cl)c(C(=O)c3ccc(C(C)=O)cc3)c2)C1. The lowest BCUT2D eigenvalue weighted by Gasteiger charge is -2.47. The highest BCUT2D eigenvalue weighted by atomic mass is 35.5. The van der Waals surface area contributed by atoms with Crippen LogP contribution in [0.4, 0.5) is 0 Å². The molecule has 0 N–H and O–H groups in total. The second-order valence-electron chi connectivity index (χ2n) is 9.49. The summed E-state index contributed by atoms with van der Waals surface area (Å²) in [5.74, 6) is -3.52. The maximum absolute atomic E-state index is 13.5. The lowest BCUT2D eigenvalue weighted by atomic mass is 9.73. The number of carbonyl (C=O) groups excluding carboxylic acids is 6. The summed E-state index contributed by atoms with van der Waals surface area (Å²) < 4.78 is 22.3. The van der Waals surface area contributed by atoms with Gasteiger partial charge in [0.05, 0.1) is 5.02 Å². The van der Waals surface area contributed by atoms with Gasteiger partial charge in [-0.15, -0.1) is 0 Å². The summed E-state index contributed by atoms with van der Waals surface area (Å²) >= 11 is 6.42. The van der Waals surface area contributed by atoms with Crippen molar-refractivity contribution in [3.8, 4) is 0 Å². The van der Waals surface area contributed by atoms with Crippen LogP contribution in [0.15, 0.2) is 42.5 Å². The molecule has 0 amide bonds. The first-order valence-corrected chi connectivity index (χ1v) is 12.8. The third-order valence-corrected chi connectivity index (χ3v) is 6.67. The van der Waals surface area contributed by atoms with E-state index in [1.54, 1.807) is 0 Å². The van der Waals surface area contributed by atoms with Gasteiger partial charge in [-0.3, -0.25) is 28.8 Å². The molecule has 10 nitrogen and oxygen atoms in total. The highest BCUT2D eigenvalue weighted by Crippen LogP contribution is 2.46. The molecule has 0 heterocycles. The quantitative estimate of drug-likeness (QED) is 0.258. The molecule has 4 atom stereocenters. The summed E-state index contributed by atoms with van der Waals surface area (Å²) in [7, 11) is 0. The van der Waals surface area contributed by atoms with Gasteiger partial charge in [-0.25, -0.2) is 0 Å². The number of hydrogen-bond donors (Lipinski definition) is 0. The van der Waals surface area contributed by atoms with Crippen LogP contribution in [-0.4, -0.2) is 53.8 Å². The molecule has 2 aromatic carbocycles. The Kier molecular flexibility index (Phi) is 9.47. The maximum atomic E-state index is 13.5. The summed E-state index contributed by atoms with van der Waals surface area (Å²) in [5, 5.41) is 0.0790. The maximum Gasteiger partial charge on any atom is 0.303 e. The number of esters is 4. The molecule has 2 aromatic rings. The van der Waals surface area contributed by atoms with Gasteiger partial charge >= 0.3 is 23.9 Å². The van der Waals surface area contributed by atoms with Crippen molar-refractivity contribution in [2.24, 2.45) is 0 Å². The van der Waals surface area contributed by atoms with Crippen molar-refractivity contribution in [1.29, 1.82) is 0 Å². The van der Waals surface area contributed by atoms with Crippen molar-refractivity contribution in [3.63, 3.8) is 0 Å². The van der Waals surface area contributed by atoms with Gasteiger partial charge in [0, 0.05) is 62.8 Å². The van der Waals surface area contributed by atoms with E-state index >= 15 is 0 Å². The van der Waals surface area contributed by atoms with E-state index in [0.29, 0.717) is 5.56 Å². The molecule has 1 aliphatic rings. The van der Waals surface area contributed by atoms with Crippen LogP contribution in [0.25, 0.3) is 0 Å². The van der Waals surface area contributed by atoms with Gasteiger partial charge in [0.25, 0.3) is 0 Å². The number of carbonyl (C=O) groups is 6. The normalized spacial score (nSPS) is 22.0. The predicted molar refractivity (Wildman–Crippen MR) is 141 cm³/mol. The van der Waals surface area contributed by atoms with Gasteiger partial charge < -0.3 is 18.9 Å². The molecule has 0 aliphatic heterocycles. The first kappa shape index (κ1) is 30.5. The first-order chi connectivity index (χ1) is 18.7. The summed E-state index contributed by atoms with van der Waals surface area (Å²) in [6.45, 7) is 6.04. The average molecular weight is 573 g/mol. The summed E-state index contributed by atoms with van der Waals surface area (Å²) in [6, 6.07) is 10.3. The van der Waals surface area contributed by atoms with Crippen molar-refractivity contribution in [3.05, 3.63) is 69.7 Å². The Morgan fingerprint density at radius 2 is 1.32 bits per heavy atom. The van der Waals surface area contributed by atoms with E-state index in [9.17, 15) is 28.8 Å². The zero-order valence-corrected chi connectivity index (χ0v) is 23.4. The topological polar surface area (TPSA) is 139 Å². The molecule has 40 heavy (non-hydrogen) atoms. The lowest BCUT2D eigenvalue weighted by molar-refractivity contribution is -0.230. The van der Waals surface area contributed by atoms with E-state index < -0.39 is 53.6 Å². The zero-order valence-electron chi connectivity index (χ0n) is 22.6. The Morgan fingerprint density at radius 3 is 1.85 bits per heavy atom. The number of Topliss-reactive ketones (excluding diaryl/α,β-unsaturated/α-hetero) is 1. The van der Waals surface area contributed by atoms with E-state index in [4.69, 9.17) is 30.5 Å². The Hall–Kier alpha value is -4.05. The minimum Gasteiger partial charge on any atom is -0.462 e. The minimum absolute atomic E-state index is 0.0292. The van der Waals surface area contributed by atoms with Gasteiger partial charge in [0.1, 0.15) is 12.2 Å². The van der Waals surface area contributed by atoms with Crippen LogP contribution in [0.2, 0.25) is 5.02 Å². The Labute approximate surface area is 235 Å². The van der Waals surface area contributed by atoms with E-state index in [-0.39, 0.29) is 40.3 Å². The van der Waals surface area contributed by atoms with E-state index in [1.165, 1.54) is 56.3 Å². The number of hydrogen-bond acceptors (Lipinski definition) is 10. The van der Waals surface area contributed by atoms with Gasteiger partial charge in [-0.05, 0) is 19.1 Å². The molecule has 4 unspecified atom stereocenters. The molecule has 3 rings (SSSR count). The first-order valence-electron chi connectivity index (χ1n) is 12.4. The van der Waals surface area contributed by atoms with Crippen molar-refractivity contribution in [2.45, 2.75) is 71.4 Å². The Balaban J connectivity index is 2.22. The molecular weight excluding hydrogens is 544 g/mol. The smallest absolute Gasteiger partial charge is 0.303 e. The fourth-order valence-electron chi connectivity index (χ4n) is 4.89. The molecule has 1 fully saturated rings. The van der Waals surface area contributed by atoms with Crippen LogP contribution >= 0.6 is 11.6 Å². The third-order valence-electron chi connectivity index (χ3n) is 6.35. The van der Waals surface area contributed by atoms with Crippen molar-refractivity contribution >= 4 is 47.0 Å². The summed E-state index contributed by atoms with van der Waals surface area (Å²) in [6.07, 6.45) is -3.66. The Morgan fingerprint density at radius 1 is 0.750 bits per heavy atom. The van der Waals surface area contributed by atoms with E-state index in [0.717, 1.165) is 20.8 Å². The van der Waals surface area contributed by atoms with Crippen LogP contribution in [0.1, 0.15) is 79.3 Å². The van der Waals surface area contributed by atoms with E-state index in [1.807, 2.05) is 0 Å². The van der Waals surface area contributed by atoms with Crippen LogP contribution in [0, 0.1) is 0 Å². The van der Waals surface area contributed by atoms with E-state index in [2.05, 4.69) is 0 Å². The van der Waals surface area contributed by atoms with Crippen LogP contribution in [-0.2, 0) is 43.7 Å². The molecule has 1 aliphatic carbocycles. The number of ether oxygens (including phenoxy) is 4. The largest absolute Gasteiger partial charge is 0.462 e. The molecule has 1 saturated carbocycles. The molecule has 0 saturated heterocycles. The van der Waals surface area contributed by atoms with Crippen molar-refractivity contribution in [2.75, 3.05) is 0 Å². The molecule has 0 bridgehead atoms. The van der Waals surface area contributed by atoms with Gasteiger partial charge in [-0.2, -0.15) is 0 Å².